The summed E-state index contributed by atoms with van der Waals surface area (Å²) >= 11 is 0. The van der Waals surface area contributed by atoms with Crippen molar-refractivity contribution in [3.8, 4) is 0 Å². The number of likely N-dealkylation sites (tertiary alicyclic amines) is 1. The third-order valence-electron chi connectivity index (χ3n) is 3.75. The second-order valence-corrected chi connectivity index (χ2v) is 5.38. The van der Waals surface area contributed by atoms with E-state index in [1.807, 2.05) is 0 Å². The molecule has 1 rings (SSSR count). The maximum absolute atomic E-state index is 11.5. The first kappa shape index (κ1) is 17.4. The Balaban J connectivity index is 2.11. The highest BCUT2D eigenvalue weighted by atomic mass is 16.4. The summed E-state index contributed by atoms with van der Waals surface area (Å²) in [5.74, 6) is -0.916. The first-order valence-electron chi connectivity index (χ1n) is 7.53. The van der Waals surface area contributed by atoms with Gasteiger partial charge >= 0.3 is 12.0 Å². The highest BCUT2D eigenvalue weighted by molar-refractivity contribution is 5.94. The van der Waals surface area contributed by atoms with Crippen LogP contribution in [0, 0.1) is 5.92 Å². The first-order chi connectivity index (χ1) is 10.0. The molecule has 0 radical (unpaired) electrons. The standard InChI is InChI=1S/C14H25N3O4/c1-2-17-8-6-11(7-9-17)10-15-14(21)16-12(18)4-3-5-13(19)20/h11H,2-10H2,1H3,(H,19,20)(H2,15,16,18,21). The van der Waals surface area contributed by atoms with Crippen LogP contribution in [-0.2, 0) is 9.59 Å². The predicted molar refractivity (Wildman–Crippen MR) is 77.9 cm³/mol. The minimum atomic E-state index is -0.939. The monoisotopic (exact) mass is 299 g/mol. The van der Waals surface area contributed by atoms with Gasteiger partial charge in [0.2, 0.25) is 5.91 Å². The van der Waals surface area contributed by atoms with E-state index in [1.165, 1.54) is 0 Å². The summed E-state index contributed by atoms with van der Waals surface area (Å²) in [6.07, 6.45) is 2.34. The van der Waals surface area contributed by atoms with E-state index >= 15 is 0 Å². The van der Waals surface area contributed by atoms with Crippen molar-refractivity contribution in [2.75, 3.05) is 26.2 Å². The zero-order valence-electron chi connectivity index (χ0n) is 12.6. The normalized spacial score (nSPS) is 16.4. The number of carbonyl (C=O) groups excluding carboxylic acids is 2. The third kappa shape index (κ3) is 7.65. The molecular formula is C14H25N3O4. The van der Waals surface area contributed by atoms with Gasteiger partial charge in [0.15, 0.2) is 0 Å². The molecule has 21 heavy (non-hydrogen) atoms. The van der Waals surface area contributed by atoms with E-state index in [0.29, 0.717) is 12.5 Å². The molecule has 0 spiro atoms. The Kier molecular flexibility index (Phi) is 7.74. The van der Waals surface area contributed by atoms with Crippen molar-refractivity contribution >= 4 is 17.9 Å². The van der Waals surface area contributed by atoms with Crippen molar-refractivity contribution in [3.05, 3.63) is 0 Å². The molecule has 7 heteroatoms. The largest absolute Gasteiger partial charge is 0.481 e. The molecule has 120 valence electrons. The number of nitrogens with one attached hydrogen (secondary N) is 2. The predicted octanol–water partition coefficient (Wildman–Crippen LogP) is 0.799. The van der Waals surface area contributed by atoms with Gasteiger partial charge in [-0.2, -0.15) is 0 Å². The van der Waals surface area contributed by atoms with Crippen LogP contribution in [-0.4, -0.2) is 54.1 Å². The maximum atomic E-state index is 11.5. The summed E-state index contributed by atoms with van der Waals surface area (Å²) in [6.45, 7) is 5.89. The highest BCUT2D eigenvalue weighted by Gasteiger charge is 2.18. The molecule has 0 bridgehead atoms. The Hall–Kier alpha value is -1.63. The van der Waals surface area contributed by atoms with Gasteiger partial charge < -0.3 is 15.3 Å². The number of rotatable bonds is 7. The number of nitrogens with zero attached hydrogens (tertiary/aromatic N) is 1. The van der Waals surface area contributed by atoms with E-state index in [1.54, 1.807) is 0 Å². The van der Waals surface area contributed by atoms with Gasteiger partial charge in [0.25, 0.3) is 0 Å². The van der Waals surface area contributed by atoms with Gasteiger partial charge in [-0.05, 0) is 44.8 Å². The number of imide groups is 1. The molecule has 0 atom stereocenters. The maximum Gasteiger partial charge on any atom is 0.321 e. The average Bonchev–Trinajstić information content (AvgIpc) is 2.45. The molecule has 0 aliphatic carbocycles. The van der Waals surface area contributed by atoms with Gasteiger partial charge in [0.05, 0.1) is 0 Å². The number of hydrogen-bond acceptors (Lipinski definition) is 4. The molecule has 7 nitrogen and oxygen atoms in total. The van der Waals surface area contributed by atoms with Crippen molar-refractivity contribution in [1.29, 1.82) is 0 Å². The number of urea groups is 1. The van der Waals surface area contributed by atoms with Gasteiger partial charge in [-0.25, -0.2) is 4.79 Å². The fourth-order valence-corrected chi connectivity index (χ4v) is 2.38. The quantitative estimate of drug-likeness (QED) is 0.646. The number of hydrogen-bond donors (Lipinski definition) is 3. The van der Waals surface area contributed by atoms with Crippen LogP contribution >= 0.6 is 0 Å². The summed E-state index contributed by atoms with van der Waals surface area (Å²) in [6, 6.07) is -0.492. The van der Waals surface area contributed by atoms with Crippen molar-refractivity contribution in [2.45, 2.75) is 39.0 Å². The number of carbonyl (C=O) groups is 3. The van der Waals surface area contributed by atoms with Crippen LogP contribution in [0.1, 0.15) is 39.0 Å². The molecule has 0 aromatic rings. The number of amides is 3. The van der Waals surface area contributed by atoms with E-state index in [-0.39, 0.29) is 19.3 Å². The van der Waals surface area contributed by atoms with Crippen LogP contribution in [0.4, 0.5) is 4.79 Å². The van der Waals surface area contributed by atoms with Crippen molar-refractivity contribution in [2.24, 2.45) is 5.92 Å². The molecule has 0 aromatic carbocycles. The fraction of sp³-hybridized carbons (Fsp3) is 0.786. The van der Waals surface area contributed by atoms with E-state index in [2.05, 4.69) is 22.5 Å². The first-order valence-corrected chi connectivity index (χ1v) is 7.53. The van der Waals surface area contributed by atoms with Crippen molar-refractivity contribution < 1.29 is 19.5 Å². The summed E-state index contributed by atoms with van der Waals surface area (Å²) in [5.41, 5.74) is 0. The molecule has 1 fully saturated rings. The highest BCUT2D eigenvalue weighted by Crippen LogP contribution is 2.15. The van der Waals surface area contributed by atoms with Gasteiger partial charge in [-0.15, -0.1) is 0 Å². The molecule has 1 aliphatic heterocycles. The Morgan fingerprint density at radius 2 is 1.86 bits per heavy atom. The van der Waals surface area contributed by atoms with E-state index < -0.39 is 17.9 Å². The zero-order valence-corrected chi connectivity index (χ0v) is 12.6. The molecule has 0 unspecified atom stereocenters. The SMILES string of the molecule is CCN1CCC(CNC(=O)NC(=O)CCCC(=O)O)CC1. The minimum absolute atomic E-state index is 0.0502. The van der Waals surface area contributed by atoms with E-state index in [0.717, 1.165) is 32.5 Å². The minimum Gasteiger partial charge on any atom is -0.481 e. The number of carboxylic acids is 1. The smallest absolute Gasteiger partial charge is 0.321 e. The zero-order chi connectivity index (χ0) is 15.7. The lowest BCUT2D eigenvalue weighted by atomic mass is 9.97. The summed E-state index contributed by atoms with van der Waals surface area (Å²) in [4.78, 5) is 35.6. The van der Waals surface area contributed by atoms with Crippen molar-refractivity contribution in [1.82, 2.24) is 15.5 Å². The lowest BCUT2D eigenvalue weighted by Gasteiger charge is -2.30. The van der Waals surface area contributed by atoms with Crippen LogP contribution in [0.5, 0.6) is 0 Å². The second-order valence-electron chi connectivity index (χ2n) is 5.38. The molecule has 1 saturated heterocycles. The van der Waals surface area contributed by atoms with Gasteiger partial charge in [0.1, 0.15) is 0 Å². The summed E-state index contributed by atoms with van der Waals surface area (Å²) in [5, 5.41) is 13.4. The second kappa shape index (κ2) is 9.33. The molecular weight excluding hydrogens is 274 g/mol. The topological polar surface area (TPSA) is 98.7 Å². The van der Waals surface area contributed by atoms with Crippen LogP contribution in [0.15, 0.2) is 0 Å². The number of carboxylic acid groups (broad SMARTS) is 1. The van der Waals surface area contributed by atoms with Gasteiger partial charge in [0, 0.05) is 19.4 Å². The molecule has 1 aliphatic rings. The Bertz CT molecular complexity index is 365. The molecule has 3 N–H and O–H groups in total. The molecule has 3 amide bonds. The molecule has 0 aromatic heterocycles. The van der Waals surface area contributed by atoms with Crippen LogP contribution in [0.3, 0.4) is 0 Å². The van der Waals surface area contributed by atoms with Crippen LogP contribution in [0.2, 0.25) is 0 Å². The average molecular weight is 299 g/mol. The molecule has 0 saturated carbocycles. The van der Waals surface area contributed by atoms with Gasteiger partial charge in [-0.1, -0.05) is 6.92 Å². The molecule has 1 heterocycles. The summed E-state index contributed by atoms with van der Waals surface area (Å²) < 4.78 is 0. The third-order valence-corrected chi connectivity index (χ3v) is 3.75. The van der Waals surface area contributed by atoms with Crippen LogP contribution < -0.4 is 10.6 Å². The Morgan fingerprint density at radius 1 is 1.19 bits per heavy atom. The van der Waals surface area contributed by atoms with E-state index in [9.17, 15) is 14.4 Å². The van der Waals surface area contributed by atoms with Gasteiger partial charge in [-0.3, -0.25) is 14.9 Å². The van der Waals surface area contributed by atoms with Crippen molar-refractivity contribution in [3.63, 3.8) is 0 Å². The Morgan fingerprint density at radius 3 is 2.43 bits per heavy atom. The van der Waals surface area contributed by atoms with Crippen LogP contribution in [0.25, 0.3) is 0 Å². The number of aliphatic carboxylic acids is 1. The Labute approximate surface area is 125 Å². The lowest BCUT2D eigenvalue weighted by molar-refractivity contribution is -0.137. The number of piperidine rings is 1. The summed E-state index contributed by atoms with van der Waals surface area (Å²) in [7, 11) is 0. The fourth-order valence-electron chi connectivity index (χ4n) is 2.38. The van der Waals surface area contributed by atoms with E-state index in [4.69, 9.17) is 5.11 Å². The lowest BCUT2D eigenvalue weighted by Crippen LogP contribution is -2.43.